The molecule has 0 spiro atoms. The molecule has 16 heavy (non-hydrogen) atoms. The van der Waals surface area contributed by atoms with Crippen molar-refractivity contribution in [1.29, 1.82) is 0 Å². The van der Waals surface area contributed by atoms with Gasteiger partial charge in [0.05, 0.1) is 5.56 Å². The lowest BCUT2D eigenvalue weighted by Gasteiger charge is -2.15. The number of nitrogens with one attached hydrogen (secondary N) is 2. The topological polar surface area (TPSA) is 41.1 Å². The van der Waals surface area contributed by atoms with Gasteiger partial charge in [-0.25, -0.2) is 4.39 Å². The first kappa shape index (κ1) is 9.78. The van der Waals surface area contributed by atoms with Crippen molar-refractivity contribution in [2.24, 2.45) is 5.92 Å². The molecule has 1 amide bonds. The Labute approximate surface area is 93.0 Å². The second-order valence-corrected chi connectivity index (χ2v) is 4.44. The fraction of sp³-hybridized carbons (Fsp3) is 0.417. The van der Waals surface area contributed by atoms with Gasteiger partial charge >= 0.3 is 0 Å². The molecule has 2 atom stereocenters. The van der Waals surface area contributed by atoms with Crippen LogP contribution in [0.5, 0.6) is 0 Å². The molecule has 1 aromatic rings. The second kappa shape index (κ2) is 3.56. The highest BCUT2D eigenvalue weighted by Crippen LogP contribution is 2.33. The Morgan fingerprint density at radius 1 is 1.25 bits per heavy atom. The molecule has 1 fully saturated rings. The van der Waals surface area contributed by atoms with Crippen LogP contribution in [0.4, 0.5) is 4.39 Å². The first-order valence-corrected chi connectivity index (χ1v) is 5.54. The molecule has 3 nitrogen and oxygen atoms in total. The summed E-state index contributed by atoms with van der Waals surface area (Å²) in [6.07, 6.45) is 0. The number of halogens is 1. The molecule has 2 aliphatic heterocycles. The van der Waals surface area contributed by atoms with Gasteiger partial charge in [-0.15, -0.1) is 0 Å². The van der Waals surface area contributed by atoms with Crippen LogP contribution in [0.1, 0.15) is 21.8 Å². The van der Waals surface area contributed by atoms with Gasteiger partial charge in [-0.3, -0.25) is 4.79 Å². The summed E-state index contributed by atoms with van der Waals surface area (Å²) in [4.78, 5) is 11.8. The fourth-order valence-corrected chi connectivity index (χ4v) is 2.71. The minimum absolute atomic E-state index is 0.235. The van der Waals surface area contributed by atoms with Gasteiger partial charge < -0.3 is 10.6 Å². The van der Waals surface area contributed by atoms with Crippen LogP contribution in [-0.2, 0) is 0 Å². The molecular formula is C12H13FN2O. The van der Waals surface area contributed by atoms with E-state index in [1.54, 1.807) is 6.07 Å². The number of carbonyl (C=O) groups is 1. The lowest BCUT2D eigenvalue weighted by molar-refractivity contribution is 0.0948. The molecule has 0 aromatic heterocycles. The van der Waals surface area contributed by atoms with Crippen molar-refractivity contribution in [3.8, 4) is 0 Å². The molecule has 0 unspecified atom stereocenters. The Hall–Kier alpha value is -1.42. The van der Waals surface area contributed by atoms with Crippen molar-refractivity contribution in [3.63, 3.8) is 0 Å². The van der Waals surface area contributed by atoms with Crippen LogP contribution in [0.2, 0.25) is 0 Å². The molecule has 0 saturated carbocycles. The van der Waals surface area contributed by atoms with E-state index in [2.05, 4.69) is 10.6 Å². The molecule has 2 N–H and O–H groups in total. The van der Waals surface area contributed by atoms with Crippen LogP contribution in [0.3, 0.4) is 0 Å². The summed E-state index contributed by atoms with van der Waals surface area (Å²) < 4.78 is 13.7. The summed E-state index contributed by atoms with van der Waals surface area (Å²) >= 11 is 0. The van der Waals surface area contributed by atoms with Gasteiger partial charge in [0, 0.05) is 25.6 Å². The highest BCUT2D eigenvalue weighted by molar-refractivity contribution is 5.96. The van der Waals surface area contributed by atoms with Gasteiger partial charge in [-0.1, -0.05) is 12.1 Å². The van der Waals surface area contributed by atoms with Crippen LogP contribution in [-0.4, -0.2) is 25.5 Å². The zero-order chi connectivity index (χ0) is 11.1. The van der Waals surface area contributed by atoms with Gasteiger partial charge in [0.25, 0.3) is 5.91 Å². The predicted molar refractivity (Wildman–Crippen MR) is 57.8 cm³/mol. The number of hydrogen-bond donors (Lipinski definition) is 2. The van der Waals surface area contributed by atoms with E-state index in [1.807, 2.05) is 6.07 Å². The molecule has 2 heterocycles. The SMILES string of the molecule is O=C1NC[C@@H]2CNC[C@H]2c2cccc(F)c21. The van der Waals surface area contributed by atoms with Crippen LogP contribution < -0.4 is 10.6 Å². The monoisotopic (exact) mass is 220 g/mol. The highest BCUT2D eigenvalue weighted by atomic mass is 19.1. The van der Waals surface area contributed by atoms with Crippen molar-refractivity contribution in [2.45, 2.75) is 5.92 Å². The molecule has 0 radical (unpaired) electrons. The third kappa shape index (κ3) is 1.33. The highest BCUT2D eigenvalue weighted by Gasteiger charge is 2.35. The summed E-state index contributed by atoms with van der Waals surface area (Å²) in [5, 5.41) is 6.09. The normalized spacial score (nSPS) is 27.9. The minimum Gasteiger partial charge on any atom is -0.352 e. The number of amides is 1. The zero-order valence-electron chi connectivity index (χ0n) is 8.79. The summed E-state index contributed by atoms with van der Waals surface area (Å²) in [7, 11) is 0. The van der Waals surface area contributed by atoms with E-state index in [-0.39, 0.29) is 17.4 Å². The fourth-order valence-electron chi connectivity index (χ4n) is 2.71. The third-order valence-corrected chi connectivity index (χ3v) is 3.54. The molecule has 4 heteroatoms. The van der Waals surface area contributed by atoms with E-state index in [0.717, 1.165) is 18.7 Å². The van der Waals surface area contributed by atoms with E-state index in [9.17, 15) is 9.18 Å². The van der Waals surface area contributed by atoms with E-state index in [0.29, 0.717) is 12.5 Å². The maximum absolute atomic E-state index is 13.7. The van der Waals surface area contributed by atoms with E-state index in [4.69, 9.17) is 0 Å². The largest absolute Gasteiger partial charge is 0.352 e. The van der Waals surface area contributed by atoms with Gasteiger partial charge in [-0.2, -0.15) is 0 Å². The number of carbonyl (C=O) groups excluding carboxylic acids is 1. The molecule has 3 rings (SSSR count). The summed E-state index contributed by atoms with van der Waals surface area (Å²) in [5.41, 5.74) is 1.09. The molecule has 2 aliphatic rings. The van der Waals surface area contributed by atoms with E-state index < -0.39 is 5.82 Å². The average molecular weight is 220 g/mol. The molecule has 84 valence electrons. The Bertz CT molecular complexity index is 447. The molecule has 1 aromatic carbocycles. The average Bonchev–Trinajstić information content (AvgIpc) is 2.69. The van der Waals surface area contributed by atoms with Gasteiger partial charge in [0.1, 0.15) is 5.82 Å². The van der Waals surface area contributed by atoms with Crippen molar-refractivity contribution < 1.29 is 9.18 Å². The Kier molecular flexibility index (Phi) is 2.17. The number of fused-ring (bicyclic) bond motifs is 3. The van der Waals surface area contributed by atoms with Gasteiger partial charge in [0.2, 0.25) is 0 Å². The van der Waals surface area contributed by atoms with E-state index >= 15 is 0 Å². The number of rotatable bonds is 0. The zero-order valence-corrected chi connectivity index (χ0v) is 8.79. The van der Waals surface area contributed by atoms with Crippen LogP contribution in [0.15, 0.2) is 18.2 Å². The Morgan fingerprint density at radius 2 is 2.12 bits per heavy atom. The quantitative estimate of drug-likeness (QED) is 0.681. The van der Waals surface area contributed by atoms with Crippen LogP contribution in [0.25, 0.3) is 0 Å². The smallest absolute Gasteiger partial charge is 0.254 e. The molecular weight excluding hydrogens is 207 g/mol. The lowest BCUT2D eigenvalue weighted by atomic mass is 9.87. The van der Waals surface area contributed by atoms with Gasteiger partial charge in [0.15, 0.2) is 0 Å². The maximum Gasteiger partial charge on any atom is 0.254 e. The number of hydrogen-bond acceptors (Lipinski definition) is 2. The van der Waals surface area contributed by atoms with Crippen LogP contribution >= 0.6 is 0 Å². The second-order valence-electron chi connectivity index (χ2n) is 4.44. The Morgan fingerprint density at radius 3 is 3.00 bits per heavy atom. The van der Waals surface area contributed by atoms with Crippen molar-refractivity contribution in [3.05, 3.63) is 35.1 Å². The van der Waals surface area contributed by atoms with Crippen molar-refractivity contribution >= 4 is 5.91 Å². The predicted octanol–water partition coefficient (Wildman–Crippen LogP) is 0.872. The minimum atomic E-state index is -0.414. The standard InChI is InChI=1S/C12H13FN2O/c13-10-3-1-2-8-9-6-14-4-7(9)5-15-12(16)11(8)10/h1-3,7,9,14H,4-6H2,(H,15,16)/t7-,9+/m0/s1. The maximum atomic E-state index is 13.7. The molecule has 0 aliphatic carbocycles. The summed E-state index contributed by atoms with van der Waals surface area (Å²) in [6, 6.07) is 4.90. The number of benzene rings is 1. The lowest BCUT2D eigenvalue weighted by Crippen LogP contribution is -2.29. The molecule has 0 bridgehead atoms. The van der Waals surface area contributed by atoms with Crippen molar-refractivity contribution in [2.75, 3.05) is 19.6 Å². The first-order valence-electron chi connectivity index (χ1n) is 5.54. The first-order chi connectivity index (χ1) is 7.77. The van der Waals surface area contributed by atoms with E-state index in [1.165, 1.54) is 6.07 Å². The third-order valence-electron chi connectivity index (χ3n) is 3.54. The van der Waals surface area contributed by atoms with Gasteiger partial charge in [-0.05, 0) is 17.5 Å². The summed E-state index contributed by atoms with van der Waals surface area (Å²) in [5.74, 6) is -0.0540. The van der Waals surface area contributed by atoms with Crippen LogP contribution in [0, 0.1) is 11.7 Å². The van der Waals surface area contributed by atoms with Crippen molar-refractivity contribution in [1.82, 2.24) is 10.6 Å². The molecule has 1 saturated heterocycles. The Balaban J connectivity index is 2.16. The summed E-state index contributed by atoms with van der Waals surface area (Å²) in [6.45, 7) is 2.35.